The van der Waals surface area contributed by atoms with Crippen molar-refractivity contribution in [3.05, 3.63) is 176 Å². The summed E-state index contributed by atoms with van der Waals surface area (Å²) in [5, 5.41) is 8.35. The van der Waals surface area contributed by atoms with E-state index in [-0.39, 0.29) is 0 Å². The molecule has 2 heterocycles. The zero-order chi connectivity index (χ0) is 31.2. The lowest BCUT2D eigenvalue weighted by Crippen LogP contribution is -2.10. The molecule has 47 heavy (non-hydrogen) atoms. The minimum Gasteiger partial charge on any atom is -0.310 e. The third-order valence-corrected chi connectivity index (χ3v) is 9.15. The maximum absolute atomic E-state index is 5.16. The first-order valence-corrected chi connectivity index (χ1v) is 15.9. The number of hydrogen-bond donors (Lipinski definition) is 0. The van der Waals surface area contributed by atoms with Crippen LogP contribution in [0.1, 0.15) is 0 Å². The van der Waals surface area contributed by atoms with Crippen molar-refractivity contribution in [2.24, 2.45) is 0 Å². The second-order valence-electron chi connectivity index (χ2n) is 11.8. The van der Waals surface area contributed by atoms with Crippen molar-refractivity contribution in [1.82, 2.24) is 9.97 Å². The zero-order valence-corrected chi connectivity index (χ0v) is 25.6. The molecule has 0 amide bonds. The van der Waals surface area contributed by atoms with E-state index in [4.69, 9.17) is 4.98 Å². The third kappa shape index (κ3) is 4.60. The molecule has 0 unspecified atom stereocenters. The predicted octanol–water partition coefficient (Wildman–Crippen LogP) is 11.9. The van der Waals surface area contributed by atoms with E-state index in [1.165, 1.54) is 32.5 Å². The lowest BCUT2D eigenvalue weighted by Gasteiger charge is -2.28. The minimum atomic E-state index is 1.02. The van der Waals surface area contributed by atoms with Gasteiger partial charge in [-0.05, 0) is 86.8 Å². The van der Waals surface area contributed by atoms with Crippen LogP contribution in [0.15, 0.2) is 176 Å². The molecule has 9 rings (SSSR count). The second-order valence-corrected chi connectivity index (χ2v) is 11.8. The number of pyridine rings is 2. The fraction of sp³-hybridized carbons (Fsp3) is 0. The number of nitrogens with zero attached hydrogens (tertiary/aromatic N) is 3. The van der Waals surface area contributed by atoms with Crippen LogP contribution in [-0.2, 0) is 0 Å². The van der Waals surface area contributed by atoms with Crippen LogP contribution in [0.3, 0.4) is 0 Å². The van der Waals surface area contributed by atoms with Gasteiger partial charge in [0.05, 0.1) is 11.2 Å². The Morgan fingerprint density at radius 1 is 0.383 bits per heavy atom. The molecule has 0 aliphatic heterocycles. The van der Waals surface area contributed by atoms with Crippen LogP contribution in [0.5, 0.6) is 0 Å². The Morgan fingerprint density at radius 3 is 1.57 bits per heavy atom. The van der Waals surface area contributed by atoms with E-state index in [2.05, 4.69) is 155 Å². The summed E-state index contributed by atoms with van der Waals surface area (Å²) in [6.07, 6.45) is 5.69. The number of anilines is 3. The lowest BCUT2D eigenvalue weighted by atomic mass is 9.90. The summed E-state index contributed by atoms with van der Waals surface area (Å²) in [7, 11) is 0. The van der Waals surface area contributed by atoms with Crippen molar-refractivity contribution in [2.45, 2.75) is 0 Å². The standard InChI is InChI=1S/C44H29N3/c1-3-11-34(12-4-1)47(35-13-5-2-6-14-35)42-28-40-36-15-7-10-18-39(36)44-41(43(40)38-17-9-8-16-37(38)42)27-33(29-46-44)31-21-19-30(20-22-31)32-23-25-45-26-24-32/h1-29H. The molecule has 0 saturated carbocycles. The molecule has 0 aliphatic rings. The van der Waals surface area contributed by atoms with Gasteiger partial charge in [-0.15, -0.1) is 0 Å². The average Bonchev–Trinajstić information content (AvgIpc) is 3.16. The second kappa shape index (κ2) is 11.2. The molecule has 7 aromatic carbocycles. The van der Waals surface area contributed by atoms with Crippen LogP contribution in [0.2, 0.25) is 0 Å². The van der Waals surface area contributed by atoms with E-state index >= 15 is 0 Å². The van der Waals surface area contributed by atoms with Gasteiger partial charge in [-0.3, -0.25) is 9.97 Å². The third-order valence-electron chi connectivity index (χ3n) is 9.15. The van der Waals surface area contributed by atoms with Gasteiger partial charge in [-0.2, -0.15) is 0 Å². The summed E-state index contributed by atoms with van der Waals surface area (Å²) in [6, 6.07) is 56.3. The van der Waals surface area contributed by atoms with E-state index in [0.717, 1.165) is 50.0 Å². The topological polar surface area (TPSA) is 29.0 Å². The maximum atomic E-state index is 5.16. The van der Waals surface area contributed by atoms with Crippen molar-refractivity contribution >= 4 is 60.3 Å². The summed E-state index contributed by atoms with van der Waals surface area (Å²) < 4.78 is 0. The number of para-hydroxylation sites is 2. The molecular formula is C44H29N3. The van der Waals surface area contributed by atoms with E-state index in [1.807, 2.05) is 30.7 Å². The summed E-state index contributed by atoms with van der Waals surface area (Å²) in [5.74, 6) is 0. The Labute approximate surface area is 273 Å². The number of fused-ring (bicyclic) bond motifs is 8. The van der Waals surface area contributed by atoms with Crippen LogP contribution in [0.25, 0.3) is 65.5 Å². The van der Waals surface area contributed by atoms with Gasteiger partial charge in [0.15, 0.2) is 0 Å². The predicted molar refractivity (Wildman–Crippen MR) is 198 cm³/mol. The van der Waals surface area contributed by atoms with Gasteiger partial charge in [0.25, 0.3) is 0 Å². The Morgan fingerprint density at radius 2 is 0.915 bits per heavy atom. The maximum Gasteiger partial charge on any atom is 0.0787 e. The number of aromatic nitrogens is 2. The van der Waals surface area contributed by atoms with Gasteiger partial charge in [-0.1, -0.05) is 109 Å². The minimum absolute atomic E-state index is 1.02. The SMILES string of the molecule is c1ccc(N(c2ccccc2)c2cc3c4ccccc4c4ncc(-c5ccc(-c6ccncc6)cc5)cc4c3c3ccccc23)cc1. The molecule has 3 nitrogen and oxygen atoms in total. The number of hydrogen-bond acceptors (Lipinski definition) is 3. The van der Waals surface area contributed by atoms with Crippen LogP contribution in [0.4, 0.5) is 17.1 Å². The highest BCUT2D eigenvalue weighted by Crippen LogP contribution is 2.46. The van der Waals surface area contributed by atoms with Gasteiger partial charge >= 0.3 is 0 Å². The molecule has 0 N–H and O–H groups in total. The molecule has 9 aromatic rings. The molecule has 3 heteroatoms. The smallest absolute Gasteiger partial charge is 0.0787 e. The van der Waals surface area contributed by atoms with Gasteiger partial charge in [0, 0.05) is 51.7 Å². The largest absolute Gasteiger partial charge is 0.310 e. The molecule has 0 fully saturated rings. The molecule has 0 saturated heterocycles. The summed E-state index contributed by atoms with van der Waals surface area (Å²) >= 11 is 0. The van der Waals surface area contributed by atoms with Gasteiger partial charge in [0.1, 0.15) is 0 Å². The summed E-state index contributed by atoms with van der Waals surface area (Å²) in [4.78, 5) is 11.7. The van der Waals surface area contributed by atoms with Gasteiger partial charge in [-0.25, -0.2) is 0 Å². The molecule has 2 aromatic heterocycles. The summed E-state index contributed by atoms with van der Waals surface area (Å²) in [5.41, 5.74) is 8.96. The van der Waals surface area contributed by atoms with Crippen molar-refractivity contribution in [3.8, 4) is 22.3 Å². The highest BCUT2D eigenvalue weighted by atomic mass is 15.1. The van der Waals surface area contributed by atoms with Gasteiger partial charge < -0.3 is 4.90 Å². The average molecular weight is 600 g/mol. The highest BCUT2D eigenvalue weighted by Gasteiger charge is 2.20. The van der Waals surface area contributed by atoms with Gasteiger partial charge in [0.2, 0.25) is 0 Å². The zero-order valence-electron chi connectivity index (χ0n) is 25.6. The Balaban J connectivity index is 1.34. The number of benzene rings is 7. The lowest BCUT2D eigenvalue weighted by molar-refractivity contribution is 1.30. The van der Waals surface area contributed by atoms with Crippen molar-refractivity contribution in [3.63, 3.8) is 0 Å². The Hall–Kier alpha value is -6.32. The van der Waals surface area contributed by atoms with Crippen LogP contribution < -0.4 is 4.90 Å². The quantitative estimate of drug-likeness (QED) is 0.184. The van der Waals surface area contributed by atoms with E-state index in [9.17, 15) is 0 Å². The first-order chi connectivity index (χ1) is 23.3. The first kappa shape index (κ1) is 27.0. The summed E-state index contributed by atoms with van der Waals surface area (Å²) in [6.45, 7) is 0. The van der Waals surface area contributed by atoms with E-state index in [0.29, 0.717) is 0 Å². The molecule has 0 aliphatic carbocycles. The van der Waals surface area contributed by atoms with Crippen LogP contribution in [0, 0.1) is 0 Å². The highest BCUT2D eigenvalue weighted by molar-refractivity contribution is 6.32. The number of rotatable bonds is 5. The van der Waals surface area contributed by atoms with Crippen molar-refractivity contribution in [2.75, 3.05) is 4.90 Å². The molecule has 0 atom stereocenters. The van der Waals surface area contributed by atoms with Crippen LogP contribution in [-0.4, -0.2) is 9.97 Å². The van der Waals surface area contributed by atoms with E-state index < -0.39 is 0 Å². The molecule has 0 radical (unpaired) electrons. The van der Waals surface area contributed by atoms with Crippen molar-refractivity contribution in [1.29, 1.82) is 0 Å². The monoisotopic (exact) mass is 599 g/mol. The van der Waals surface area contributed by atoms with Crippen molar-refractivity contribution < 1.29 is 0 Å². The molecule has 220 valence electrons. The molecule has 0 spiro atoms. The van der Waals surface area contributed by atoms with E-state index in [1.54, 1.807) is 0 Å². The Kier molecular flexibility index (Phi) is 6.46. The first-order valence-electron chi connectivity index (χ1n) is 15.9. The fourth-order valence-corrected chi connectivity index (χ4v) is 6.98. The fourth-order valence-electron chi connectivity index (χ4n) is 6.98. The molecular weight excluding hydrogens is 571 g/mol. The Bertz CT molecular complexity index is 2500. The molecule has 0 bridgehead atoms. The normalized spacial score (nSPS) is 11.4. The van der Waals surface area contributed by atoms with Crippen LogP contribution >= 0.6 is 0 Å².